The van der Waals surface area contributed by atoms with E-state index in [4.69, 9.17) is 0 Å². The standard InChI is InChI=1S/C17H16F3NOS/c18-17(19,20)14-5-2-1-4-13(14)16(22)21-9-7-12(8-10-21)15-6-3-11-23-15/h1-6,11-12H,7-10H2. The Morgan fingerprint density at radius 3 is 2.39 bits per heavy atom. The van der Waals surface area contributed by atoms with Crippen molar-refractivity contribution in [3.05, 3.63) is 57.8 Å². The van der Waals surface area contributed by atoms with Crippen LogP contribution in [0.15, 0.2) is 41.8 Å². The van der Waals surface area contributed by atoms with E-state index in [1.165, 1.54) is 28.0 Å². The average molecular weight is 339 g/mol. The van der Waals surface area contributed by atoms with Gasteiger partial charge in [0.15, 0.2) is 0 Å². The van der Waals surface area contributed by atoms with Crippen LogP contribution in [0.2, 0.25) is 0 Å². The second-order valence-corrected chi connectivity index (χ2v) is 6.60. The van der Waals surface area contributed by atoms with Crippen molar-refractivity contribution < 1.29 is 18.0 Å². The molecule has 0 unspecified atom stereocenters. The summed E-state index contributed by atoms with van der Waals surface area (Å²) in [4.78, 5) is 15.3. The van der Waals surface area contributed by atoms with Crippen molar-refractivity contribution in [2.45, 2.75) is 24.9 Å². The van der Waals surface area contributed by atoms with E-state index < -0.39 is 17.6 Å². The van der Waals surface area contributed by atoms with Crippen LogP contribution < -0.4 is 0 Å². The quantitative estimate of drug-likeness (QED) is 0.770. The van der Waals surface area contributed by atoms with Crippen LogP contribution in [0.3, 0.4) is 0 Å². The molecule has 1 aliphatic heterocycles. The minimum absolute atomic E-state index is 0.255. The largest absolute Gasteiger partial charge is 0.417 e. The second-order valence-electron chi connectivity index (χ2n) is 5.63. The summed E-state index contributed by atoms with van der Waals surface area (Å²) < 4.78 is 39.2. The van der Waals surface area contributed by atoms with E-state index >= 15 is 0 Å². The fraction of sp³-hybridized carbons (Fsp3) is 0.353. The molecular formula is C17H16F3NOS. The first kappa shape index (κ1) is 16.1. The molecule has 0 bridgehead atoms. The molecule has 0 saturated carbocycles. The van der Waals surface area contributed by atoms with Crippen molar-refractivity contribution in [1.82, 2.24) is 4.90 Å². The van der Waals surface area contributed by atoms with Crippen molar-refractivity contribution >= 4 is 17.2 Å². The zero-order chi connectivity index (χ0) is 16.4. The molecule has 1 aromatic heterocycles. The summed E-state index contributed by atoms with van der Waals surface area (Å²) in [5.74, 6) is -0.125. The van der Waals surface area contributed by atoms with Gasteiger partial charge in [0.05, 0.1) is 11.1 Å². The molecule has 2 heterocycles. The fourth-order valence-corrected chi connectivity index (χ4v) is 3.88. The minimum atomic E-state index is -4.51. The predicted molar refractivity (Wildman–Crippen MR) is 83.6 cm³/mol. The third kappa shape index (κ3) is 3.42. The molecule has 1 aliphatic rings. The van der Waals surface area contributed by atoms with Gasteiger partial charge in [0.1, 0.15) is 0 Å². The number of benzene rings is 1. The van der Waals surface area contributed by atoms with Crippen LogP contribution in [0.1, 0.15) is 39.6 Å². The molecule has 1 fully saturated rings. The molecule has 1 aromatic carbocycles. The first-order valence-corrected chi connectivity index (χ1v) is 8.33. The molecule has 0 atom stereocenters. The lowest BCUT2D eigenvalue weighted by Crippen LogP contribution is -2.38. The van der Waals surface area contributed by atoms with Gasteiger partial charge in [0.2, 0.25) is 0 Å². The maximum atomic E-state index is 13.1. The van der Waals surface area contributed by atoms with Crippen molar-refractivity contribution in [1.29, 1.82) is 0 Å². The Labute approximate surface area is 136 Å². The zero-order valence-corrected chi connectivity index (χ0v) is 13.2. The van der Waals surface area contributed by atoms with E-state index in [1.54, 1.807) is 11.3 Å². The number of nitrogens with zero attached hydrogens (tertiary/aromatic N) is 1. The van der Waals surface area contributed by atoms with Crippen molar-refractivity contribution in [2.75, 3.05) is 13.1 Å². The molecule has 1 amide bonds. The van der Waals surface area contributed by atoms with Gasteiger partial charge < -0.3 is 4.90 Å². The third-order valence-corrected chi connectivity index (χ3v) is 5.23. The molecule has 3 rings (SSSR count). The van der Waals surface area contributed by atoms with Gasteiger partial charge in [-0.1, -0.05) is 18.2 Å². The second kappa shape index (κ2) is 6.35. The number of carbonyl (C=O) groups excluding carboxylic acids is 1. The molecule has 0 aliphatic carbocycles. The summed E-state index contributed by atoms with van der Waals surface area (Å²) in [6.07, 6.45) is -2.93. The molecule has 0 radical (unpaired) electrons. The molecule has 0 spiro atoms. The number of carbonyl (C=O) groups is 1. The number of hydrogen-bond acceptors (Lipinski definition) is 2. The topological polar surface area (TPSA) is 20.3 Å². The molecule has 6 heteroatoms. The highest BCUT2D eigenvalue weighted by molar-refractivity contribution is 7.10. The Balaban J connectivity index is 1.73. The average Bonchev–Trinajstić information content (AvgIpc) is 3.08. The van der Waals surface area contributed by atoms with Gasteiger partial charge in [0.25, 0.3) is 5.91 Å². The Hall–Kier alpha value is -1.82. The van der Waals surface area contributed by atoms with Gasteiger partial charge in [-0.3, -0.25) is 4.79 Å². The van der Waals surface area contributed by atoms with Crippen molar-refractivity contribution in [3.8, 4) is 0 Å². The Morgan fingerprint density at radius 1 is 1.09 bits per heavy atom. The highest BCUT2D eigenvalue weighted by Gasteiger charge is 2.36. The number of alkyl halides is 3. The van der Waals surface area contributed by atoms with E-state index in [0.717, 1.165) is 18.9 Å². The summed E-state index contributed by atoms with van der Waals surface area (Å²) in [6.45, 7) is 0.987. The number of rotatable bonds is 2. The van der Waals surface area contributed by atoms with E-state index in [0.29, 0.717) is 19.0 Å². The van der Waals surface area contributed by atoms with Crippen LogP contribution in [-0.4, -0.2) is 23.9 Å². The summed E-state index contributed by atoms with van der Waals surface area (Å²) in [5.41, 5.74) is -1.11. The minimum Gasteiger partial charge on any atom is -0.339 e. The smallest absolute Gasteiger partial charge is 0.339 e. The number of piperidine rings is 1. The van der Waals surface area contributed by atoms with Crippen LogP contribution >= 0.6 is 11.3 Å². The predicted octanol–water partition coefficient (Wildman–Crippen LogP) is 4.79. The van der Waals surface area contributed by atoms with Gasteiger partial charge in [-0.15, -0.1) is 11.3 Å². The molecule has 2 aromatic rings. The van der Waals surface area contributed by atoms with E-state index in [2.05, 4.69) is 6.07 Å². The SMILES string of the molecule is O=C(c1ccccc1C(F)(F)F)N1CCC(c2cccs2)CC1. The maximum absolute atomic E-state index is 13.1. The van der Waals surface area contributed by atoms with E-state index in [1.807, 2.05) is 11.4 Å². The first-order valence-electron chi connectivity index (χ1n) is 7.45. The van der Waals surface area contributed by atoms with Crippen LogP contribution in [0.5, 0.6) is 0 Å². The van der Waals surface area contributed by atoms with Crippen LogP contribution in [0.25, 0.3) is 0 Å². The summed E-state index contributed by atoms with van der Waals surface area (Å²) >= 11 is 1.69. The van der Waals surface area contributed by atoms with Crippen molar-refractivity contribution in [3.63, 3.8) is 0 Å². The third-order valence-electron chi connectivity index (χ3n) is 4.19. The number of thiophene rings is 1. The van der Waals surface area contributed by atoms with E-state index in [9.17, 15) is 18.0 Å². The number of hydrogen-bond donors (Lipinski definition) is 0. The Morgan fingerprint density at radius 2 is 1.78 bits per heavy atom. The van der Waals surface area contributed by atoms with E-state index in [-0.39, 0.29) is 5.56 Å². The lowest BCUT2D eigenvalue weighted by Gasteiger charge is -2.32. The maximum Gasteiger partial charge on any atom is 0.417 e. The lowest BCUT2D eigenvalue weighted by atomic mass is 9.94. The fourth-order valence-electron chi connectivity index (χ4n) is 2.98. The van der Waals surface area contributed by atoms with Crippen LogP contribution in [-0.2, 0) is 6.18 Å². The molecule has 2 nitrogen and oxygen atoms in total. The molecule has 1 saturated heterocycles. The van der Waals surface area contributed by atoms with Gasteiger partial charge in [-0.2, -0.15) is 13.2 Å². The number of halogens is 3. The van der Waals surface area contributed by atoms with Gasteiger partial charge in [-0.25, -0.2) is 0 Å². The highest BCUT2D eigenvalue weighted by atomic mass is 32.1. The Bertz CT molecular complexity index is 673. The summed E-state index contributed by atoms with van der Waals surface area (Å²) in [6, 6.07) is 9.08. The molecule has 0 N–H and O–H groups in total. The molecule has 122 valence electrons. The van der Waals surface area contributed by atoms with Gasteiger partial charge in [-0.05, 0) is 42.3 Å². The summed E-state index contributed by atoms with van der Waals surface area (Å²) in [5, 5.41) is 2.02. The van der Waals surface area contributed by atoms with Crippen molar-refractivity contribution in [2.24, 2.45) is 0 Å². The molecule has 23 heavy (non-hydrogen) atoms. The Kier molecular flexibility index (Phi) is 4.43. The lowest BCUT2D eigenvalue weighted by molar-refractivity contribution is -0.138. The first-order chi connectivity index (χ1) is 11.0. The zero-order valence-electron chi connectivity index (χ0n) is 12.3. The highest BCUT2D eigenvalue weighted by Crippen LogP contribution is 2.34. The molecular weight excluding hydrogens is 323 g/mol. The normalized spacial score (nSPS) is 16.6. The summed E-state index contributed by atoms with van der Waals surface area (Å²) in [7, 11) is 0. The van der Waals surface area contributed by atoms with Gasteiger partial charge in [0, 0.05) is 18.0 Å². The van der Waals surface area contributed by atoms with Gasteiger partial charge >= 0.3 is 6.18 Å². The number of likely N-dealkylation sites (tertiary alicyclic amines) is 1. The number of amides is 1. The van der Waals surface area contributed by atoms with Crippen LogP contribution in [0.4, 0.5) is 13.2 Å². The monoisotopic (exact) mass is 339 g/mol. The van der Waals surface area contributed by atoms with Crippen LogP contribution in [0, 0.1) is 0 Å².